The number of aliphatic hydroxyl groups excluding tert-OH is 1. The number of aromatic nitrogens is 2. The van der Waals surface area contributed by atoms with Crippen molar-refractivity contribution >= 4 is 34.2 Å². The Hall–Kier alpha value is -4.94. The molecule has 0 radical (unpaired) electrons. The fourth-order valence-corrected chi connectivity index (χ4v) is 3.30. The Morgan fingerprint density at radius 1 is 0.972 bits per heavy atom. The summed E-state index contributed by atoms with van der Waals surface area (Å²) in [5.74, 6) is 5.96. The first-order valence-corrected chi connectivity index (χ1v) is 11.0. The molecule has 0 saturated carbocycles. The lowest BCUT2D eigenvalue weighted by atomic mass is 10.1. The molecule has 4 aromatic rings. The number of hydrogen-bond acceptors (Lipinski definition) is 7. The first-order valence-electron chi connectivity index (χ1n) is 11.0. The molecule has 0 aliphatic rings. The van der Waals surface area contributed by atoms with Crippen LogP contribution in [0.4, 0.5) is 11.5 Å². The lowest BCUT2D eigenvalue weighted by Crippen LogP contribution is -2.12. The normalized spacial score (nSPS) is 10.2. The van der Waals surface area contributed by atoms with Gasteiger partial charge in [0.2, 0.25) is 0 Å². The summed E-state index contributed by atoms with van der Waals surface area (Å²) in [6.45, 7) is 1.42. The number of nitrogens with one attached hydrogen (secondary N) is 2. The third kappa shape index (κ3) is 5.94. The van der Waals surface area contributed by atoms with E-state index < -0.39 is 5.91 Å². The lowest BCUT2D eigenvalue weighted by molar-refractivity contribution is -0.111. The van der Waals surface area contributed by atoms with Crippen LogP contribution in [0.2, 0.25) is 0 Å². The van der Waals surface area contributed by atoms with Gasteiger partial charge in [0.15, 0.2) is 0 Å². The van der Waals surface area contributed by atoms with Gasteiger partial charge in [-0.1, -0.05) is 12.0 Å². The van der Waals surface area contributed by atoms with Gasteiger partial charge in [0, 0.05) is 29.4 Å². The standard InChI is InChI=1S/C27H22N4O5/c1-2-5-26(33)30-22-16-20-21(17-24(22)35-15-14-32)28-13-11-23(20)36-19-9-7-18(8-10-19)27(34)31-25-6-3-4-12-29-25/h3-4,6-13,16-17,32H,14-15H2,1H3,(H,30,33)(H,29,31,34). The van der Waals surface area contributed by atoms with Crippen LogP contribution >= 0.6 is 0 Å². The van der Waals surface area contributed by atoms with E-state index in [1.165, 1.54) is 0 Å². The minimum absolute atomic E-state index is 0.0459. The summed E-state index contributed by atoms with van der Waals surface area (Å²) >= 11 is 0. The predicted octanol–water partition coefficient (Wildman–Crippen LogP) is 4.01. The van der Waals surface area contributed by atoms with Crippen LogP contribution in [0.25, 0.3) is 10.9 Å². The smallest absolute Gasteiger partial charge is 0.300 e. The number of ether oxygens (including phenoxy) is 2. The van der Waals surface area contributed by atoms with E-state index >= 15 is 0 Å². The Kier molecular flexibility index (Phi) is 7.70. The second-order valence-corrected chi connectivity index (χ2v) is 7.37. The van der Waals surface area contributed by atoms with E-state index in [-0.39, 0.29) is 19.1 Å². The molecule has 2 heterocycles. The predicted molar refractivity (Wildman–Crippen MR) is 135 cm³/mol. The van der Waals surface area contributed by atoms with Crippen LogP contribution in [-0.2, 0) is 4.79 Å². The maximum absolute atomic E-state index is 12.5. The third-order valence-corrected chi connectivity index (χ3v) is 4.89. The van der Waals surface area contributed by atoms with E-state index in [9.17, 15) is 9.59 Å². The second-order valence-electron chi connectivity index (χ2n) is 7.37. The first kappa shape index (κ1) is 24.2. The molecule has 0 saturated heterocycles. The van der Waals surface area contributed by atoms with Gasteiger partial charge in [-0.05, 0) is 61.4 Å². The molecule has 9 nitrogen and oxygen atoms in total. The number of carbonyl (C=O) groups is 2. The fraction of sp³-hybridized carbons (Fsp3) is 0.111. The van der Waals surface area contributed by atoms with E-state index in [1.807, 2.05) is 0 Å². The molecule has 2 aromatic heterocycles. The highest BCUT2D eigenvalue weighted by atomic mass is 16.5. The molecule has 0 spiro atoms. The molecule has 0 aliphatic carbocycles. The van der Waals surface area contributed by atoms with Crippen LogP contribution in [0, 0.1) is 11.8 Å². The molecule has 0 fully saturated rings. The quantitative estimate of drug-likeness (QED) is 0.324. The number of nitrogens with zero attached hydrogens (tertiary/aromatic N) is 2. The van der Waals surface area contributed by atoms with Crippen molar-refractivity contribution in [3.63, 3.8) is 0 Å². The van der Waals surface area contributed by atoms with Crippen LogP contribution in [0.5, 0.6) is 17.2 Å². The van der Waals surface area contributed by atoms with Gasteiger partial charge < -0.3 is 25.2 Å². The molecule has 3 N–H and O–H groups in total. The minimum atomic E-state index is -0.503. The number of fused-ring (bicyclic) bond motifs is 1. The van der Waals surface area contributed by atoms with Crippen molar-refractivity contribution < 1.29 is 24.2 Å². The van der Waals surface area contributed by atoms with Crippen molar-refractivity contribution in [3.05, 3.63) is 78.6 Å². The van der Waals surface area contributed by atoms with Gasteiger partial charge in [0.1, 0.15) is 29.7 Å². The van der Waals surface area contributed by atoms with Crippen molar-refractivity contribution in [2.24, 2.45) is 0 Å². The maximum Gasteiger partial charge on any atom is 0.300 e. The summed E-state index contributed by atoms with van der Waals surface area (Å²) in [7, 11) is 0. The van der Waals surface area contributed by atoms with E-state index in [2.05, 4.69) is 32.4 Å². The summed E-state index contributed by atoms with van der Waals surface area (Å²) in [6, 6.07) is 16.9. The summed E-state index contributed by atoms with van der Waals surface area (Å²) in [4.78, 5) is 33.0. The van der Waals surface area contributed by atoms with Crippen LogP contribution in [0.15, 0.2) is 73.1 Å². The van der Waals surface area contributed by atoms with Crippen molar-refractivity contribution in [2.45, 2.75) is 6.92 Å². The zero-order valence-electron chi connectivity index (χ0n) is 19.3. The first-order chi connectivity index (χ1) is 17.6. The molecule has 9 heteroatoms. The Morgan fingerprint density at radius 3 is 2.53 bits per heavy atom. The molecule has 0 unspecified atom stereocenters. The Labute approximate surface area is 207 Å². The lowest BCUT2D eigenvalue weighted by Gasteiger charge is -2.14. The largest absolute Gasteiger partial charge is 0.489 e. The highest BCUT2D eigenvalue weighted by Crippen LogP contribution is 2.36. The van der Waals surface area contributed by atoms with Crippen molar-refractivity contribution in [1.29, 1.82) is 0 Å². The molecule has 0 bridgehead atoms. The summed E-state index contributed by atoms with van der Waals surface area (Å²) in [5.41, 5.74) is 1.37. The van der Waals surface area contributed by atoms with Crippen LogP contribution in [0.3, 0.4) is 0 Å². The van der Waals surface area contributed by atoms with Gasteiger partial charge >= 0.3 is 0 Å². The van der Waals surface area contributed by atoms with Crippen molar-refractivity contribution in [2.75, 3.05) is 23.8 Å². The number of hydrogen-bond donors (Lipinski definition) is 3. The van der Waals surface area contributed by atoms with Crippen molar-refractivity contribution in [3.8, 4) is 29.1 Å². The van der Waals surface area contributed by atoms with Gasteiger partial charge in [-0.15, -0.1) is 0 Å². The number of aliphatic hydroxyl groups is 1. The highest BCUT2D eigenvalue weighted by Gasteiger charge is 2.14. The van der Waals surface area contributed by atoms with Gasteiger partial charge in [-0.2, -0.15) is 0 Å². The van der Waals surface area contributed by atoms with Crippen LogP contribution in [-0.4, -0.2) is 40.1 Å². The number of anilines is 2. The van der Waals surface area contributed by atoms with E-state index in [0.717, 1.165) is 0 Å². The van der Waals surface area contributed by atoms with Gasteiger partial charge in [0.05, 0.1) is 17.8 Å². The number of pyridine rings is 2. The summed E-state index contributed by atoms with van der Waals surface area (Å²) in [5, 5.41) is 15.2. The minimum Gasteiger partial charge on any atom is -0.489 e. The third-order valence-electron chi connectivity index (χ3n) is 4.89. The Bertz CT molecular complexity index is 1440. The zero-order valence-corrected chi connectivity index (χ0v) is 19.3. The molecule has 0 atom stereocenters. The van der Waals surface area contributed by atoms with Crippen molar-refractivity contribution in [1.82, 2.24) is 9.97 Å². The Morgan fingerprint density at radius 2 is 1.81 bits per heavy atom. The molecule has 2 aromatic carbocycles. The molecular formula is C27H22N4O5. The van der Waals surface area contributed by atoms with Crippen LogP contribution < -0.4 is 20.1 Å². The number of benzene rings is 2. The molecule has 0 aliphatic heterocycles. The molecule has 180 valence electrons. The van der Waals surface area contributed by atoms with Gasteiger partial charge in [0.25, 0.3) is 11.8 Å². The molecular weight excluding hydrogens is 460 g/mol. The average molecular weight is 482 g/mol. The summed E-state index contributed by atoms with van der Waals surface area (Å²) in [6.07, 6.45) is 3.18. The summed E-state index contributed by atoms with van der Waals surface area (Å²) < 4.78 is 11.6. The molecule has 4 rings (SSSR count). The topological polar surface area (TPSA) is 123 Å². The highest BCUT2D eigenvalue weighted by molar-refractivity contribution is 6.06. The second kappa shape index (κ2) is 11.5. The molecule has 36 heavy (non-hydrogen) atoms. The fourth-order valence-electron chi connectivity index (χ4n) is 3.30. The number of rotatable bonds is 8. The van der Waals surface area contributed by atoms with Gasteiger partial charge in [-0.3, -0.25) is 14.6 Å². The maximum atomic E-state index is 12.5. The number of amides is 2. The average Bonchev–Trinajstić information content (AvgIpc) is 2.89. The zero-order chi connectivity index (χ0) is 25.3. The Balaban J connectivity index is 1.59. The van der Waals surface area contributed by atoms with Crippen LogP contribution in [0.1, 0.15) is 17.3 Å². The van der Waals surface area contributed by atoms with E-state index in [0.29, 0.717) is 45.2 Å². The van der Waals surface area contributed by atoms with E-state index in [1.54, 1.807) is 80.0 Å². The SMILES string of the molecule is CC#CC(=O)Nc1cc2c(Oc3ccc(C(=O)Nc4ccccn4)cc3)ccnc2cc1OCCO. The van der Waals surface area contributed by atoms with E-state index in [4.69, 9.17) is 14.6 Å². The van der Waals surface area contributed by atoms with Gasteiger partial charge in [-0.25, -0.2) is 4.98 Å². The molecule has 2 amide bonds. The monoisotopic (exact) mass is 482 g/mol. The number of carbonyl (C=O) groups excluding carboxylic acids is 2.